The first-order valence-corrected chi connectivity index (χ1v) is 5.95. The van der Waals surface area contributed by atoms with Crippen molar-refractivity contribution in [3.8, 4) is 11.5 Å². The quantitative estimate of drug-likeness (QED) is 0.587. The number of para-hydroxylation sites is 1. The number of hydrogen-bond donors (Lipinski definition) is 0. The van der Waals surface area contributed by atoms with Gasteiger partial charge in [-0.05, 0) is 24.3 Å². The van der Waals surface area contributed by atoms with Crippen LogP contribution in [0.3, 0.4) is 0 Å². The highest BCUT2D eigenvalue weighted by atomic mass is 35.5. The Bertz CT molecular complexity index is 689. The summed E-state index contributed by atoms with van der Waals surface area (Å²) in [6, 6.07) is 8.60. The molecule has 0 N–H and O–H groups in total. The van der Waals surface area contributed by atoms with E-state index in [9.17, 15) is 23.3 Å². The summed E-state index contributed by atoms with van der Waals surface area (Å²) < 4.78 is 43.7. The van der Waals surface area contributed by atoms with Crippen molar-refractivity contribution < 1.29 is 22.8 Å². The number of ether oxygens (including phenoxy) is 1. The maximum atomic E-state index is 12.8. The lowest BCUT2D eigenvalue weighted by atomic mass is 10.1. The number of alkyl halides is 3. The molecule has 0 aliphatic carbocycles. The van der Waals surface area contributed by atoms with Gasteiger partial charge in [0.05, 0.1) is 9.95 Å². The zero-order valence-corrected chi connectivity index (χ0v) is 11.0. The van der Waals surface area contributed by atoms with E-state index in [1.807, 2.05) is 0 Å². The molecule has 8 heteroatoms. The SMILES string of the molecule is O=[N+]([O-])c1ccc(Oc2ccccc2Cl)cc1C(F)(F)F. The molecule has 0 aromatic heterocycles. The summed E-state index contributed by atoms with van der Waals surface area (Å²) >= 11 is 5.83. The van der Waals surface area contributed by atoms with E-state index in [-0.39, 0.29) is 16.5 Å². The molecule has 0 spiro atoms. The Morgan fingerprint density at radius 3 is 2.38 bits per heavy atom. The minimum absolute atomic E-state index is 0.154. The molecule has 0 amide bonds. The van der Waals surface area contributed by atoms with Crippen molar-refractivity contribution in [3.63, 3.8) is 0 Å². The van der Waals surface area contributed by atoms with Gasteiger partial charge in [-0.3, -0.25) is 10.1 Å². The molecule has 21 heavy (non-hydrogen) atoms. The number of hydrogen-bond acceptors (Lipinski definition) is 3. The molecule has 0 heterocycles. The summed E-state index contributed by atoms with van der Waals surface area (Å²) in [5.74, 6) is -0.0397. The normalized spacial score (nSPS) is 11.2. The molecule has 2 rings (SSSR count). The molecule has 0 aliphatic heterocycles. The summed E-state index contributed by atoms with van der Waals surface area (Å²) in [5, 5.41) is 10.8. The molecule has 2 aromatic carbocycles. The van der Waals surface area contributed by atoms with Crippen LogP contribution in [0.2, 0.25) is 5.02 Å². The van der Waals surface area contributed by atoms with Crippen molar-refractivity contribution in [2.45, 2.75) is 6.18 Å². The number of halogens is 4. The van der Waals surface area contributed by atoms with Gasteiger partial charge in [0, 0.05) is 6.07 Å². The van der Waals surface area contributed by atoms with E-state index in [4.69, 9.17) is 16.3 Å². The Morgan fingerprint density at radius 1 is 1.14 bits per heavy atom. The van der Waals surface area contributed by atoms with Crippen LogP contribution in [-0.2, 0) is 6.18 Å². The zero-order valence-electron chi connectivity index (χ0n) is 10.2. The highest BCUT2D eigenvalue weighted by Crippen LogP contribution is 2.39. The number of rotatable bonds is 3. The molecule has 0 unspecified atom stereocenters. The Labute approximate surface area is 121 Å². The van der Waals surface area contributed by atoms with E-state index >= 15 is 0 Å². The fraction of sp³-hybridized carbons (Fsp3) is 0.0769. The van der Waals surface area contributed by atoms with Gasteiger partial charge in [0.15, 0.2) is 0 Å². The monoisotopic (exact) mass is 317 g/mol. The Kier molecular flexibility index (Phi) is 4.04. The van der Waals surface area contributed by atoms with Crippen LogP contribution in [0.4, 0.5) is 18.9 Å². The molecule has 0 radical (unpaired) electrons. The van der Waals surface area contributed by atoms with Gasteiger partial charge in [-0.25, -0.2) is 0 Å². The minimum atomic E-state index is -4.86. The van der Waals surface area contributed by atoms with Crippen molar-refractivity contribution in [1.29, 1.82) is 0 Å². The van der Waals surface area contributed by atoms with Gasteiger partial charge < -0.3 is 4.74 Å². The number of nitro groups is 1. The predicted molar refractivity (Wildman–Crippen MR) is 69.6 cm³/mol. The minimum Gasteiger partial charge on any atom is -0.456 e. The number of nitro benzene ring substituents is 1. The topological polar surface area (TPSA) is 52.4 Å². The summed E-state index contributed by atoms with van der Waals surface area (Å²) in [6.07, 6.45) is -4.86. The summed E-state index contributed by atoms with van der Waals surface area (Å²) in [7, 11) is 0. The lowest BCUT2D eigenvalue weighted by molar-refractivity contribution is -0.388. The molecule has 0 atom stereocenters. The smallest absolute Gasteiger partial charge is 0.423 e. The van der Waals surface area contributed by atoms with E-state index in [1.165, 1.54) is 12.1 Å². The molecule has 0 fully saturated rings. The third-order valence-corrected chi connectivity index (χ3v) is 2.85. The van der Waals surface area contributed by atoms with Gasteiger partial charge >= 0.3 is 6.18 Å². The summed E-state index contributed by atoms with van der Waals surface area (Å²) in [5.41, 5.74) is -2.41. The van der Waals surface area contributed by atoms with E-state index in [2.05, 4.69) is 0 Å². The van der Waals surface area contributed by atoms with E-state index in [1.54, 1.807) is 12.1 Å². The lowest BCUT2D eigenvalue weighted by Crippen LogP contribution is -2.09. The van der Waals surface area contributed by atoms with Gasteiger partial charge in [0.1, 0.15) is 17.1 Å². The first-order valence-electron chi connectivity index (χ1n) is 5.57. The lowest BCUT2D eigenvalue weighted by Gasteiger charge is -2.11. The molecule has 0 aliphatic rings. The highest BCUT2D eigenvalue weighted by Gasteiger charge is 2.38. The van der Waals surface area contributed by atoms with Crippen LogP contribution in [0.1, 0.15) is 5.56 Å². The van der Waals surface area contributed by atoms with E-state index < -0.39 is 22.4 Å². The molecule has 4 nitrogen and oxygen atoms in total. The third-order valence-electron chi connectivity index (χ3n) is 2.53. The predicted octanol–water partition coefficient (Wildman–Crippen LogP) is 5.06. The van der Waals surface area contributed by atoms with Crippen molar-refractivity contribution in [2.75, 3.05) is 0 Å². The summed E-state index contributed by atoms with van der Waals surface area (Å²) in [4.78, 5) is 9.54. The van der Waals surface area contributed by atoms with Gasteiger partial charge in [-0.2, -0.15) is 13.2 Å². The maximum Gasteiger partial charge on any atom is 0.423 e. The van der Waals surface area contributed by atoms with Crippen molar-refractivity contribution in [3.05, 3.63) is 63.2 Å². The van der Waals surface area contributed by atoms with Gasteiger partial charge in [-0.1, -0.05) is 23.7 Å². The van der Waals surface area contributed by atoms with Crippen LogP contribution in [0.15, 0.2) is 42.5 Å². The van der Waals surface area contributed by atoms with E-state index in [0.717, 1.165) is 12.1 Å². The first-order chi connectivity index (χ1) is 9.79. The van der Waals surface area contributed by atoms with Crippen molar-refractivity contribution >= 4 is 17.3 Å². The Balaban J connectivity index is 2.43. The van der Waals surface area contributed by atoms with Crippen LogP contribution in [0, 0.1) is 10.1 Å². The Morgan fingerprint density at radius 2 is 1.81 bits per heavy atom. The van der Waals surface area contributed by atoms with Gasteiger partial charge in [0.25, 0.3) is 5.69 Å². The molecule has 110 valence electrons. The zero-order chi connectivity index (χ0) is 15.6. The second-order valence-corrected chi connectivity index (χ2v) is 4.37. The number of benzene rings is 2. The summed E-state index contributed by atoms with van der Waals surface area (Å²) in [6.45, 7) is 0. The largest absolute Gasteiger partial charge is 0.456 e. The molecule has 0 saturated carbocycles. The fourth-order valence-corrected chi connectivity index (χ4v) is 1.79. The van der Waals surface area contributed by atoms with Crippen LogP contribution < -0.4 is 4.74 Å². The molecular formula is C13H7ClF3NO3. The maximum absolute atomic E-state index is 12.8. The Hall–Kier alpha value is -2.28. The average Bonchev–Trinajstić information content (AvgIpc) is 2.40. The standard InChI is InChI=1S/C13H7ClF3NO3/c14-10-3-1-2-4-12(10)21-8-5-6-11(18(19)20)9(7-8)13(15,16)17/h1-7H. The fourth-order valence-electron chi connectivity index (χ4n) is 1.62. The third kappa shape index (κ3) is 3.43. The van der Waals surface area contributed by atoms with Crippen LogP contribution in [0.5, 0.6) is 11.5 Å². The second-order valence-electron chi connectivity index (χ2n) is 3.97. The van der Waals surface area contributed by atoms with Gasteiger partial charge in [-0.15, -0.1) is 0 Å². The molecule has 2 aromatic rings. The first kappa shape index (κ1) is 15.1. The van der Waals surface area contributed by atoms with Crippen molar-refractivity contribution in [2.24, 2.45) is 0 Å². The van der Waals surface area contributed by atoms with Crippen LogP contribution in [0.25, 0.3) is 0 Å². The molecule has 0 bridgehead atoms. The highest BCUT2D eigenvalue weighted by molar-refractivity contribution is 6.32. The van der Waals surface area contributed by atoms with Crippen LogP contribution >= 0.6 is 11.6 Å². The second kappa shape index (κ2) is 5.61. The molecular weight excluding hydrogens is 311 g/mol. The number of nitrogens with zero attached hydrogens (tertiary/aromatic N) is 1. The van der Waals surface area contributed by atoms with Gasteiger partial charge in [0.2, 0.25) is 0 Å². The van der Waals surface area contributed by atoms with E-state index in [0.29, 0.717) is 6.07 Å². The average molecular weight is 318 g/mol. The van der Waals surface area contributed by atoms with Crippen LogP contribution in [-0.4, -0.2) is 4.92 Å². The molecule has 0 saturated heterocycles. The van der Waals surface area contributed by atoms with Crippen molar-refractivity contribution in [1.82, 2.24) is 0 Å².